The average Bonchev–Trinajstić information content (AvgIpc) is 2.55. The molecule has 2 rings (SSSR count). The summed E-state index contributed by atoms with van der Waals surface area (Å²) in [7, 11) is 1.63. The summed E-state index contributed by atoms with van der Waals surface area (Å²) in [5.74, 6) is 0.790. The highest BCUT2D eigenvalue weighted by Crippen LogP contribution is 2.13. The molecule has 0 aliphatic heterocycles. The SMILES string of the molecule is CCc1ccc(C(=O)COCc2cccc(OC)c2)cc1. The van der Waals surface area contributed by atoms with E-state index >= 15 is 0 Å². The van der Waals surface area contributed by atoms with E-state index in [1.807, 2.05) is 48.5 Å². The molecular formula is C18H20O3. The van der Waals surface area contributed by atoms with Crippen LogP contribution in [0.4, 0.5) is 0 Å². The van der Waals surface area contributed by atoms with Gasteiger partial charge in [0.15, 0.2) is 5.78 Å². The van der Waals surface area contributed by atoms with Crippen molar-refractivity contribution in [2.45, 2.75) is 20.0 Å². The lowest BCUT2D eigenvalue weighted by Crippen LogP contribution is -2.09. The molecule has 0 saturated carbocycles. The van der Waals surface area contributed by atoms with Gasteiger partial charge in [0.1, 0.15) is 12.4 Å². The number of benzene rings is 2. The Morgan fingerprint density at radius 2 is 1.81 bits per heavy atom. The van der Waals surface area contributed by atoms with Gasteiger partial charge in [-0.1, -0.05) is 43.3 Å². The second-order valence-corrected chi connectivity index (χ2v) is 4.82. The van der Waals surface area contributed by atoms with Gasteiger partial charge < -0.3 is 9.47 Å². The zero-order valence-electron chi connectivity index (χ0n) is 12.5. The minimum absolute atomic E-state index is 0.000508. The Labute approximate surface area is 125 Å². The lowest BCUT2D eigenvalue weighted by Gasteiger charge is -2.06. The maximum absolute atomic E-state index is 12.0. The maximum atomic E-state index is 12.0. The van der Waals surface area contributed by atoms with E-state index < -0.39 is 0 Å². The van der Waals surface area contributed by atoms with E-state index in [0.29, 0.717) is 12.2 Å². The third kappa shape index (κ3) is 4.43. The molecule has 0 unspecified atom stereocenters. The second-order valence-electron chi connectivity index (χ2n) is 4.82. The summed E-state index contributed by atoms with van der Waals surface area (Å²) < 4.78 is 10.6. The van der Waals surface area contributed by atoms with Gasteiger partial charge >= 0.3 is 0 Å². The summed E-state index contributed by atoms with van der Waals surface area (Å²) in [5, 5.41) is 0. The molecule has 0 saturated heterocycles. The number of aryl methyl sites for hydroxylation is 1. The average molecular weight is 284 g/mol. The van der Waals surface area contributed by atoms with Crippen molar-refractivity contribution in [3.05, 3.63) is 65.2 Å². The van der Waals surface area contributed by atoms with Crippen molar-refractivity contribution in [1.82, 2.24) is 0 Å². The predicted molar refractivity (Wildman–Crippen MR) is 82.8 cm³/mol. The van der Waals surface area contributed by atoms with Gasteiger partial charge in [0.05, 0.1) is 13.7 Å². The largest absolute Gasteiger partial charge is 0.497 e. The lowest BCUT2D eigenvalue weighted by molar-refractivity contribution is 0.0726. The van der Waals surface area contributed by atoms with Gasteiger partial charge in [-0.25, -0.2) is 0 Å². The molecule has 110 valence electrons. The Hall–Kier alpha value is -2.13. The summed E-state index contributed by atoms with van der Waals surface area (Å²) >= 11 is 0. The molecule has 0 amide bonds. The van der Waals surface area contributed by atoms with Crippen molar-refractivity contribution in [3.8, 4) is 5.75 Å². The fourth-order valence-electron chi connectivity index (χ4n) is 2.03. The molecule has 0 N–H and O–H groups in total. The third-order valence-corrected chi connectivity index (χ3v) is 3.32. The molecule has 0 aliphatic rings. The van der Waals surface area contributed by atoms with Gasteiger partial charge in [0.25, 0.3) is 0 Å². The molecule has 21 heavy (non-hydrogen) atoms. The van der Waals surface area contributed by atoms with Gasteiger partial charge in [-0.05, 0) is 29.7 Å². The number of Topliss-reactive ketones (excluding diaryl/α,β-unsaturated/α-hetero) is 1. The number of methoxy groups -OCH3 is 1. The highest BCUT2D eigenvalue weighted by molar-refractivity contribution is 5.97. The summed E-state index contributed by atoms with van der Waals surface area (Å²) in [6.07, 6.45) is 0.973. The van der Waals surface area contributed by atoms with Gasteiger partial charge in [-0.2, -0.15) is 0 Å². The molecule has 0 heterocycles. The van der Waals surface area contributed by atoms with Crippen molar-refractivity contribution in [2.75, 3.05) is 13.7 Å². The first kappa shape index (κ1) is 15.3. The van der Waals surface area contributed by atoms with E-state index in [4.69, 9.17) is 9.47 Å². The first-order valence-electron chi connectivity index (χ1n) is 7.05. The van der Waals surface area contributed by atoms with Gasteiger partial charge in [0.2, 0.25) is 0 Å². The number of hydrogen-bond donors (Lipinski definition) is 0. The fourth-order valence-corrected chi connectivity index (χ4v) is 2.03. The van der Waals surface area contributed by atoms with Gasteiger partial charge in [-0.3, -0.25) is 4.79 Å². The Bertz CT molecular complexity index is 588. The molecular weight excluding hydrogens is 264 g/mol. The molecule has 0 aromatic heterocycles. The van der Waals surface area contributed by atoms with Crippen molar-refractivity contribution in [2.24, 2.45) is 0 Å². The predicted octanol–water partition coefficient (Wildman–Crippen LogP) is 3.66. The van der Waals surface area contributed by atoms with E-state index in [-0.39, 0.29) is 12.4 Å². The first-order chi connectivity index (χ1) is 10.2. The van der Waals surface area contributed by atoms with Gasteiger partial charge in [-0.15, -0.1) is 0 Å². The smallest absolute Gasteiger partial charge is 0.188 e. The highest BCUT2D eigenvalue weighted by Gasteiger charge is 2.06. The van der Waals surface area contributed by atoms with Crippen molar-refractivity contribution >= 4 is 5.78 Å². The minimum atomic E-state index is 0.000508. The quantitative estimate of drug-likeness (QED) is 0.728. The number of ketones is 1. The van der Waals surface area contributed by atoms with Crippen molar-refractivity contribution in [1.29, 1.82) is 0 Å². The topological polar surface area (TPSA) is 35.5 Å². The number of rotatable bonds is 7. The molecule has 2 aromatic carbocycles. The van der Waals surface area contributed by atoms with Crippen LogP contribution in [0.5, 0.6) is 5.75 Å². The van der Waals surface area contributed by atoms with Crippen LogP contribution in [-0.4, -0.2) is 19.5 Å². The fraction of sp³-hybridized carbons (Fsp3) is 0.278. The molecule has 0 bridgehead atoms. The summed E-state index contributed by atoms with van der Waals surface area (Å²) in [6, 6.07) is 15.3. The molecule has 0 aliphatic carbocycles. The van der Waals surface area contributed by atoms with Crippen LogP contribution in [-0.2, 0) is 17.8 Å². The van der Waals surface area contributed by atoms with Crippen LogP contribution in [0.25, 0.3) is 0 Å². The summed E-state index contributed by atoms with van der Waals surface area (Å²) in [4.78, 5) is 12.0. The zero-order valence-corrected chi connectivity index (χ0v) is 12.5. The van der Waals surface area contributed by atoms with Crippen LogP contribution in [0.1, 0.15) is 28.4 Å². The summed E-state index contributed by atoms with van der Waals surface area (Å²) in [5.41, 5.74) is 2.91. The Morgan fingerprint density at radius 3 is 2.48 bits per heavy atom. The van der Waals surface area contributed by atoms with Crippen molar-refractivity contribution in [3.63, 3.8) is 0 Å². The third-order valence-electron chi connectivity index (χ3n) is 3.32. The molecule has 0 fully saturated rings. The van der Waals surface area contributed by atoms with E-state index in [1.165, 1.54) is 5.56 Å². The Kier molecular flexibility index (Phi) is 5.52. The normalized spacial score (nSPS) is 10.4. The zero-order chi connectivity index (χ0) is 15.1. The van der Waals surface area contributed by atoms with E-state index in [2.05, 4.69) is 6.92 Å². The standard InChI is InChI=1S/C18H20O3/c1-3-14-7-9-16(10-8-14)18(19)13-21-12-15-5-4-6-17(11-15)20-2/h4-11H,3,12-13H2,1-2H3. The van der Waals surface area contributed by atoms with Crippen LogP contribution in [0, 0.1) is 0 Å². The monoisotopic (exact) mass is 284 g/mol. The van der Waals surface area contributed by atoms with Crippen LogP contribution in [0.2, 0.25) is 0 Å². The molecule has 0 radical (unpaired) electrons. The lowest BCUT2D eigenvalue weighted by atomic mass is 10.1. The molecule has 0 atom stereocenters. The van der Waals surface area contributed by atoms with Crippen molar-refractivity contribution < 1.29 is 14.3 Å². The highest BCUT2D eigenvalue weighted by atomic mass is 16.5. The Balaban J connectivity index is 1.85. The summed E-state index contributed by atoms with van der Waals surface area (Å²) in [6.45, 7) is 2.58. The minimum Gasteiger partial charge on any atom is -0.497 e. The van der Waals surface area contributed by atoms with Crippen LogP contribution in [0.3, 0.4) is 0 Å². The Morgan fingerprint density at radius 1 is 1.05 bits per heavy atom. The molecule has 0 spiro atoms. The van der Waals surface area contributed by atoms with Crippen LogP contribution < -0.4 is 4.74 Å². The molecule has 3 heteroatoms. The van der Waals surface area contributed by atoms with Gasteiger partial charge in [0, 0.05) is 5.56 Å². The van der Waals surface area contributed by atoms with E-state index in [1.54, 1.807) is 7.11 Å². The van der Waals surface area contributed by atoms with Crippen LogP contribution in [0.15, 0.2) is 48.5 Å². The first-order valence-corrected chi connectivity index (χ1v) is 7.05. The number of hydrogen-bond acceptors (Lipinski definition) is 3. The second kappa shape index (κ2) is 7.60. The van der Waals surface area contributed by atoms with E-state index in [9.17, 15) is 4.79 Å². The van der Waals surface area contributed by atoms with Crippen LogP contribution >= 0.6 is 0 Å². The number of carbonyl (C=O) groups excluding carboxylic acids is 1. The molecule has 3 nitrogen and oxygen atoms in total. The number of carbonyl (C=O) groups is 1. The number of ether oxygens (including phenoxy) is 2. The molecule has 2 aromatic rings. The van der Waals surface area contributed by atoms with E-state index in [0.717, 1.165) is 17.7 Å². The maximum Gasteiger partial charge on any atom is 0.188 e.